The normalized spacial score (nSPS) is 22.2. The molecule has 0 spiro atoms. The van der Waals surface area contributed by atoms with Crippen LogP contribution in [-0.2, 0) is 16.1 Å². The van der Waals surface area contributed by atoms with Crippen LogP contribution in [0.1, 0.15) is 62.5 Å². The maximum Gasteiger partial charge on any atom is 0.222 e. The van der Waals surface area contributed by atoms with Gasteiger partial charge in [-0.2, -0.15) is 0 Å². The maximum absolute atomic E-state index is 12.5. The van der Waals surface area contributed by atoms with Gasteiger partial charge in [0.2, 0.25) is 5.91 Å². The quantitative estimate of drug-likeness (QED) is 0.809. The van der Waals surface area contributed by atoms with Crippen molar-refractivity contribution in [2.24, 2.45) is 5.92 Å². The summed E-state index contributed by atoms with van der Waals surface area (Å²) in [5.74, 6) is 2.10. The van der Waals surface area contributed by atoms with Crippen LogP contribution in [-0.4, -0.2) is 40.6 Å². The van der Waals surface area contributed by atoms with Crippen LogP contribution in [0.25, 0.3) is 0 Å². The lowest BCUT2D eigenvalue weighted by atomic mass is 10.0. The molecule has 1 aromatic heterocycles. The van der Waals surface area contributed by atoms with Crippen LogP contribution in [0.15, 0.2) is 6.20 Å². The average Bonchev–Trinajstić information content (AvgIpc) is 3.26. The van der Waals surface area contributed by atoms with Crippen molar-refractivity contribution in [2.45, 2.75) is 64.5 Å². The molecule has 2 aliphatic rings. The van der Waals surface area contributed by atoms with Crippen molar-refractivity contribution in [3.05, 3.63) is 17.7 Å². The van der Waals surface area contributed by atoms with Gasteiger partial charge in [-0.05, 0) is 25.7 Å². The highest BCUT2D eigenvalue weighted by Crippen LogP contribution is 2.30. The smallest absolute Gasteiger partial charge is 0.222 e. The molecule has 0 bridgehead atoms. The zero-order valence-electron chi connectivity index (χ0n) is 14.5. The van der Waals surface area contributed by atoms with Gasteiger partial charge < -0.3 is 14.2 Å². The lowest BCUT2D eigenvalue weighted by Gasteiger charge is -2.20. The molecule has 0 radical (unpaired) electrons. The molecule has 1 amide bonds. The van der Waals surface area contributed by atoms with E-state index in [1.165, 1.54) is 25.7 Å². The van der Waals surface area contributed by atoms with Crippen molar-refractivity contribution in [1.82, 2.24) is 14.5 Å². The summed E-state index contributed by atoms with van der Waals surface area (Å²) in [4.78, 5) is 19.0. The summed E-state index contributed by atoms with van der Waals surface area (Å²) in [5.41, 5.74) is 1.15. The molecular weight excluding hydrogens is 290 g/mol. The number of aromatic nitrogens is 2. The lowest BCUT2D eigenvalue weighted by molar-refractivity contribution is -0.130. The Morgan fingerprint density at radius 2 is 2.13 bits per heavy atom. The van der Waals surface area contributed by atoms with Gasteiger partial charge in [-0.15, -0.1) is 0 Å². The van der Waals surface area contributed by atoms with Crippen LogP contribution in [0.5, 0.6) is 0 Å². The topological polar surface area (TPSA) is 47.4 Å². The van der Waals surface area contributed by atoms with Crippen LogP contribution in [0, 0.1) is 12.8 Å². The van der Waals surface area contributed by atoms with Crippen molar-refractivity contribution < 1.29 is 9.53 Å². The zero-order chi connectivity index (χ0) is 16.2. The van der Waals surface area contributed by atoms with E-state index in [9.17, 15) is 4.79 Å². The zero-order valence-corrected chi connectivity index (χ0v) is 14.5. The van der Waals surface area contributed by atoms with E-state index in [0.717, 1.165) is 49.8 Å². The number of ether oxygens (including phenoxy) is 1. The second-order valence-corrected chi connectivity index (χ2v) is 7.09. The van der Waals surface area contributed by atoms with Crippen molar-refractivity contribution >= 4 is 5.91 Å². The third kappa shape index (κ3) is 3.77. The highest BCUT2D eigenvalue weighted by molar-refractivity contribution is 5.76. The molecule has 5 heteroatoms. The molecule has 2 heterocycles. The fourth-order valence-corrected chi connectivity index (χ4v) is 4.19. The van der Waals surface area contributed by atoms with Gasteiger partial charge in [0.25, 0.3) is 0 Å². The van der Waals surface area contributed by atoms with E-state index in [0.29, 0.717) is 18.6 Å². The van der Waals surface area contributed by atoms with Gasteiger partial charge in [0.1, 0.15) is 12.4 Å². The number of carbonyl (C=O) groups excluding carboxylic acids is 1. The minimum Gasteiger partial charge on any atom is -0.377 e. The predicted octanol–water partition coefficient (Wildman–Crippen LogP) is 3.08. The Morgan fingerprint density at radius 1 is 1.35 bits per heavy atom. The van der Waals surface area contributed by atoms with Gasteiger partial charge in [-0.25, -0.2) is 4.98 Å². The van der Waals surface area contributed by atoms with Gasteiger partial charge in [-0.1, -0.05) is 25.7 Å². The summed E-state index contributed by atoms with van der Waals surface area (Å²) in [6.07, 6.45) is 10.1. The Balaban J connectivity index is 1.55. The van der Waals surface area contributed by atoms with E-state index < -0.39 is 0 Å². The Hall–Kier alpha value is -1.36. The van der Waals surface area contributed by atoms with E-state index in [1.54, 1.807) is 7.11 Å². The molecule has 0 N–H and O–H groups in total. The molecule has 1 aromatic rings. The molecule has 1 saturated heterocycles. The first-order valence-corrected chi connectivity index (χ1v) is 8.98. The summed E-state index contributed by atoms with van der Waals surface area (Å²) in [6, 6.07) is 0.345. The van der Waals surface area contributed by atoms with E-state index in [2.05, 4.69) is 21.4 Å². The van der Waals surface area contributed by atoms with Crippen molar-refractivity contribution in [3.8, 4) is 0 Å². The number of aryl methyl sites for hydroxylation is 1. The summed E-state index contributed by atoms with van der Waals surface area (Å²) < 4.78 is 7.51. The molecule has 23 heavy (non-hydrogen) atoms. The monoisotopic (exact) mass is 319 g/mol. The van der Waals surface area contributed by atoms with Gasteiger partial charge >= 0.3 is 0 Å². The molecule has 1 saturated carbocycles. The molecule has 5 nitrogen and oxygen atoms in total. The fourth-order valence-electron chi connectivity index (χ4n) is 4.19. The third-order valence-corrected chi connectivity index (χ3v) is 5.45. The van der Waals surface area contributed by atoms with Crippen molar-refractivity contribution in [2.75, 3.05) is 20.2 Å². The Labute approximate surface area is 139 Å². The lowest BCUT2D eigenvalue weighted by Crippen LogP contribution is -2.29. The number of hydrogen-bond acceptors (Lipinski definition) is 3. The maximum atomic E-state index is 12.5. The minimum absolute atomic E-state index is 0.338. The van der Waals surface area contributed by atoms with Crippen LogP contribution < -0.4 is 0 Å². The predicted molar refractivity (Wildman–Crippen MR) is 89.1 cm³/mol. The van der Waals surface area contributed by atoms with Crippen molar-refractivity contribution in [1.29, 1.82) is 0 Å². The first-order valence-electron chi connectivity index (χ1n) is 8.98. The van der Waals surface area contributed by atoms with Gasteiger partial charge in [-0.3, -0.25) is 4.79 Å². The van der Waals surface area contributed by atoms with E-state index in [4.69, 9.17) is 4.74 Å². The average molecular weight is 319 g/mol. The highest BCUT2D eigenvalue weighted by Gasteiger charge is 2.29. The Kier molecular flexibility index (Phi) is 5.36. The fraction of sp³-hybridized carbons (Fsp3) is 0.778. The Bertz CT molecular complexity index is 534. The van der Waals surface area contributed by atoms with Gasteiger partial charge in [0.15, 0.2) is 0 Å². The molecule has 1 unspecified atom stereocenters. The van der Waals surface area contributed by atoms with Crippen LogP contribution >= 0.6 is 0 Å². The minimum atomic E-state index is 0.338. The van der Waals surface area contributed by atoms with Gasteiger partial charge in [0.05, 0.1) is 6.04 Å². The van der Waals surface area contributed by atoms with E-state index in [1.807, 2.05) is 6.20 Å². The SMILES string of the molecule is COCc1ncc(C)n1C1CCN(C(=O)CCC2CCCC2)C1. The molecule has 0 aromatic carbocycles. The molecular formula is C18H29N3O2. The first kappa shape index (κ1) is 16.5. The van der Waals surface area contributed by atoms with Crippen LogP contribution in [0.4, 0.5) is 0 Å². The second-order valence-electron chi connectivity index (χ2n) is 7.09. The molecule has 1 atom stereocenters. The molecule has 1 aliphatic heterocycles. The van der Waals surface area contributed by atoms with E-state index in [-0.39, 0.29) is 0 Å². The molecule has 1 aliphatic carbocycles. The molecule has 128 valence electrons. The van der Waals surface area contributed by atoms with E-state index >= 15 is 0 Å². The number of hydrogen-bond donors (Lipinski definition) is 0. The number of rotatable bonds is 6. The first-order chi connectivity index (χ1) is 11.2. The number of imidazole rings is 1. The van der Waals surface area contributed by atoms with Crippen LogP contribution in [0.3, 0.4) is 0 Å². The van der Waals surface area contributed by atoms with Gasteiger partial charge in [0, 0.05) is 38.5 Å². The number of amides is 1. The molecule has 3 rings (SSSR count). The Morgan fingerprint density at radius 3 is 2.87 bits per heavy atom. The highest BCUT2D eigenvalue weighted by atomic mass is 16.5. The second kappa shape index (κ2) is 7.47. The summed E-state index contributed by atoms with van der Waals surface area (Å²) >= 11 is 0. The number of methoxy groups -OCH3 is 1. The summed E-state index contributed by atoms with van der Waals surface area (Å²) in [6.45, 7) is 4.30. The number of likely N-dealkylation sites (tertiary alicyclic amines) is 1. The molecule has 2 fully saturated rings. The third-order valence-electron chi connectivity index (χ3n) is 5.45. The summed E-state index contributed by atoms with van der Waals surface area (Å²) in [5, 5.41) is 0. The van der Waals surface area contributed by atoms with Crippen LogP contribution in [0.2, 0.25) is 0 Å². The number of carbonyl (C=O) groups is 1. The number of nitrogens with zero attached hydrogens (tertiary/aromatic N) is 3. The summed E-state index contributed by atoms with van der Waals surface area (Å²) in [7, 11) is 1.70. The standard InChI is InChI=1S/C18H29N3O2/c1-14-11-19-17(13-23-2)21(14)16-9-10-20(12-16)18(22)8-7-15-5-3-4-6-15/h11,15-16H,3-10,12-13H2,1-2H3. The van der Waals surface area contributed by atoms with Crippen molar-refractivity contribution in [3.63, 3.8) is 0 Å². The largest absolute Gasteiger partial charge is 0.377 e.